The van der Waals surface area contributed by atoms with Crippen LogP contribution in [0.5, 0.6) is 0 Å². The molecule has 1 aromatic heterocycles. The van der Waals surface area contributed by atoms with Gasteiger partial charge in [-0.1, -0.05) is 43.3 Å². The Bertz CT molecular complexity index is 1860. The number of piperazine rings is 1. The van der Waals surface area contributed by atoms with Gasteiger partial charge in [0.1, 0.15) is 11.6 Å². The SMILES string of the molecule is CCNc1nc(CC)c(COCc2cccc(C(=O)NCc3ccc(F)c(-c4cccc(CN5CCNCC5)c4)c3)c2)c(NC2CCOCC2)c1C=N. The molecule has 2 aliphatic heterocycles. The Hall–Kier alpha value is -4.68. The van der Waals surface area contributed by atoms with Gasteiger partial charge in [-0.2, -0.15) is 0 Å². The molecule has 0 saturated carbocycles. The summed E-state index contributed by atoms with van der Waals surface area (Å²) in [5.41, 5.74) is 8.17. The van der Waals surface area contributed by atoms with Crippen LogP contribution in [0.15, 0.2) is 66.7 Å². The molecule has 280 valence electrons. The minimum absolute atomic E-state index is 0.217. The first-order chi connectivity index (χ1) is 25.9. The average Bonchev–Trinajstić information content (AvgIpc) is 3.19. The van der Waals surface area contributed by atoms with Gasteiger partial charge in [-0.3, -0.25) is 9.69 Å². The molecule has 11 heteroatoms. The summed E-state index contributed by atoms with van der Waals surface area (Å²) >= 11 is 0. The molecule has 0 aliphatic carbocycles. The molecule has 0 unspecified atom stereocenters. The van der Waals surface area contributed by atoms with Crippen LogP contribution in [0.25, 0.3) is 11.1 Å². The first kappa shape index (κ1) is 38.1. The fourth-order valence-electron chi connectivity index (χ4n) is 7.02. The van der Waals surface area contributed by atoms with Gasteiger partial charge in [0.05, 0.1) is 30.2 Å². The lowest BCUT2D eigenvalue weighted by molar-refractivity contribution is 0.0901. The lowest BCUT2D eigenvalue weighted by Crippen LogP contribution is -2.42. The largest absolute Gasteiger partial charge is 0.381 e. The van der Waals surface area contributed by atoms with Crippen molar-refractivity contribution in [3.8, 4) is 11.1 Å². The highest BCUT2D eigenvalue weighted by Gasteiger charge is 2.22. The van der Waals surface area contributed by atoms with Crippen molar-refractivity contribution in [3.05, 3.63) is 112 Å². The van der Waals surface area contributed by atoms with Crippen LogP contribution >= 0.6 is 0 Å². The summed E-state index contributed by atoms with van der Waals surface area (Å²) in [4.78, 5) is 20.6. The Morgan fingerprint density at radius 1 is 1.02 bits per heavy atom. The summed E-state index contributed by atoms with van der Waals surface area (Å²) in [6.45, 7) is 11.9. The van der Waals surface area contributed by atoms with Crippen molar-refractivity contribution < 1.29 is 18.7 Å². The average molecular weight is 722 g/mol. The first-order valence-corrected chi connectivity index (χ1v) is 18.9. The fraction of sp³-hybridized carbons (Fsp3) is 0.405. The minimum atomic E-state index is -0.289. The lowest BCUT2D eigenvalue weighted by Gasteiger charge is -2.28. The molecular formula is C42H52FN7O3. The summed E-state index contributed by atoms with van der Waals surface area (Å²) in [5.74, 6) is 0.192. The minimum Gasteiger partial charge on any atom is -0.381 e. The molecule has 4 aromatic rings. The molecule has 0 atom stereocenters. The van der Waals surface area contributed by atoms with Crippen LogP contribution in [-0.2, 0) is 42.2 Å². The first-order valence-electron chi connectivity index (χ1n) is 18.9. The van der Waals surface area contributed by atoms with E-state index in [4.69, 9.17) is 19.9 Å². The molecule has 3 aromatic carbocycles. The van der Waals surface area contributed by atoms with E-state index < -0.39 is 0 Å². The number of hydrogen-bond acceptors (Lipinski definition) is 9. The second-order valence-electron chi connectivity index (χ2n) is 13.7. The van der Waals surface area contributed by atoms with Crippen molar-refractivity contribution in [3.63, 3.8) is 0 Å². The van der Waals surface area contributed by atoms with Gasteiger partial charge in [-0.05, 0) is 78.8 Å². The van der Waals surface area contributed by atoms with Gasteiger partial charge in [0, 0.05) is 88.0 Å². The molecule has 0 bridgehead atoms. The van der Waals surface area contributed by atoms with Crippen molar-refractivity contribution in [2.24, 2.45) is 0 Å². The van der Waals surface area contributed by atoms with Gasteiger partial charge in [-0.15, -0.1) is 0 Å². The van der Waals surface area contributed by atoms with Crippen molar-refractivity contribution in [2.45, 2.75) is 65.5 Å². The second-order valence-corrected chi connectivity index (χ2v) is 13.7. The number of halogens is 1. The van der Waals surface area contributed by atoms with Gasteiger partial charge in [0.25, 0.3) is 5.91 Å². The molecule has 1 amide bonds. The number of anilines is 2. The summed E-state index contributed by atoms with van der Waals surface area (Å²) in [7, 11) is 0. The van der Waals surface area contributed by atoms with E-state index in [0.29, 0.717) is 56.3 Å². The van der Waals surface area contributed by atoms with E-state index in [0.717, 1.165) is 90.3 Å². The third-order valence-corrected chi connectivity index (χ3v) is 9.86. The smallest absolute Gasteiger partial charge is 0.251 e. The van der Waals surface area contributed by atoms with Crippen LogP contribution in [0.3, 0.4) is 0 Å². The molecule has 2 aliphatic rings. The van der Waals surface area contributed by atoms with E-state index in [-0.39, 0.29) is 24.3 Å². The quantitative estimate of drug-likeness (QED) is 0.0830. The van der Waals surface area contributed by atoms with E-state index in [1.807, 2.05) is 43.3 Å². The van der Waals surface area contributed by atoms with Crippen LogP contribution in [-0.4, -0.2) is 74.0 Å². The molecule has 10 nitrogen and oxygen atoms in total. The van der Waals surface area contributed by atoms with Gasteiger partial charge in [-0.25, -0.2) is 9.37 Å². The summed E-state index contributed by atoms with van der Waals surface area (Å²) in [5, 5.41) is 21.7. The summed E-state index contributed by atoms with van der Waals surface area (Å²) in [6, 6.07) is 20.7. The highest BCUT2D eigenvalue weighted by atomic mass is 19.1. The van der Waals surface area contributed by atoms with Crippen molar-refractivity contribution in [1.82, 2.24) is 20.5 Å². The van der Waals surface area contributed by atoms with Crippen molar-refractivity contribution in [1.29, 1.82) is 5.41 Å². The molecule has 53 heavy (non-hydrogen) atoms. The third kappa shape index (κ3) is 10.1. The van der Waals surface area contributed by atoms with E-state index in [1.165, 1.54) is 12.3 Å². The molecule has 5 N–H and O–H groups in total. The van der Waals surface area contributed by atoms with E-state index in [2.05, 4.69) is 45.2 Å². The van der Waals surface area contributed by atoms with Crippen LogP contribution in [0, 0.1) is 11.2 Å². The number of ether oxygens (including phenoxy) is 2. The number of amides is 1. The number of nitrogens with zero attached hydrogens (tertiary/aromatic N) is 2. The lowest BCUT2D eigenvalue weighted by atomic mass is 10.00. The number of nitrogens with one attached hydrogen (secondary N) is 5. The molecular weight excluding hydrogens is 670 g/mol. The van der Waals surface area contributed by atoms with Crippen LogP contribution in [0.1, 0.15) is 70.6 Å². The van der Waals surface area contributed by atoms with Crippen molar-refractivity contribution >= 4 is 23.6 Å². The monoisotopic (exact) mass is 721 g/mol. The second kappa shape index (κ2) is 18.9. The van der Waals surface area contributed by atoms with E-state index in [9.17, 15) is 4.79 Å². The number of pyridine rings is 1. The standard InChI is InChI=1S/C42H52FN7O3/c1-3-39-37(40(48-34-13-19-52-20-14-34)36(24-44)41(49-39)46-4-2)28-53-27-31-8-6-10-33(22-31)42(51)47-25-29-11-12-38(43)35(23-29)32-9-5-7-30(21-32)26-50-17-15-45-16-18-50/h5-12,21-24,34,44-45H,3-4,13-20,25-28H2,1-2H3,(H,47,51)(H2,46,48,49). The predicted molar refractivity (Wildman–Crippen MR) is 209 cm³/mol. The van der Waals surface area contributed by atoms with Crippen LogP contribution in [0.4, 0.5) is 15.9 Å². The summed E-state index contributed by atoms with van der Waals surface area (Å²) < 4.78 is 26.9. The topological polar surface area (TPSA) is 124 Å². The van der Waals surface area contributed by atoms with E-state index in [1.54, 1.807) is 12.1 Å². The normalized spacial score (nSPS) is 15.2. The number of hydrogen-bond donors (Lipinski definition) is 5. The third-order valence-electron chi connectivity index (χ3n) is 9.86. The summed E-state index contributed by atoms with van der Waals surface area (Å²) in [6.07, 6.45) is 3.85. The number of rotatable bonds is 16. The number of carbonyl (C=O) groups excluding carboxylic acids is 1. The Kier molecular flexibility index (Phi) is 13.6. The molecule has 0 spiro atoms. The fourth-order valence-corrected chi connectivity index (χ4v) is 7.02. The Balaban J connectivity index is 1.10. The maximum absolute atomic E-state index is 15.1. The van der Waals surface area contributed by atoms with Gasteiger partial charge < -0.3 is 36.2 Å². The Morgan fingerprint density at radius 2 is 1.81 bits per heavy atom. The van der Waals surface area contributed by atoms with Crippen LogP contribution < -0.4 is 21.3 Å². The number of aromatic nitrogens is 1. The van der Waals surface area contributed by atoms with Gasteiger partial charge >= 0.3 is 0 Å². The Morgan fingerprint density at radius 3 is 2.58 bits per heavy atom. The zero-order valence-electron chi connectivity index (χ0n) is 30.9. The number of carbonyl (C=O) groups is 1. The molecule has 3 heterocycles. The molecule has 6 rings (SSSR count). The molecule has 2 saturated heterocycles. The molecule has 0 radical (unpaired) electrons. The van der Waals surface area contributed by atoms with Crippen LogP contribution in [0.2, 0.25) is 0 Å². The zero-order valence-corrected chi connectivity index (χ0v) is 30.9. The maximum atomic E-state index is 15.1. The highest BCUT2D eigenvalue weighted by Crippen LogP contribution is 2.32. The number of aryl methyl sites for hydroxylation is 1. The van der Waals surface area contributed by atoms with Crippen molar-refractivity contribution in [2.75, 3.05) is 56.6 Å². The molecule has 2 fully saturated rings. The predicted octanol–water partition coefficient (Wildman–Crippen LogP) is 6.52. The highest BCUT2D eigenvalue weighted by molar-refractivity contribution is 5.94. The van der Waals surface area contributed by atoms with Gasteiger partial charge in [0.2, 0.25) is 0 Å². The number of benzene rings is 3. The van der Waals surface area contributed by atoms with E-state index >= 15 is 4.39 Å². The van der Waals surface area contributed by atoms with Gasteiger partial charge in [0.15, 0.2) is 0 Å². The maximum Gasteiger partial charge on any atom is 0.251 e. The zero-order chi connectivity index (χ0) is 37.0. The Labute approximate surface area is 312 Å².